The summed E-state index contributed by atoms with van der Waals surface area (Å²) in [6.45, 7) is 0. The Morgan fingerprint density at radius 2 is 1.89 bits per heavy atom. The van der Waals surface area contributed by atoms with Crippen LogP contribution in [-0.2, 0) is 11.2 Å². The monoisotopic (exact) mass is 288 g/mol. The first-order chi connectivity index (χ1) is 8.52. The average molecular weight is 289 g/mol. The lowest BCUT2D eigenvalue weighted by molar-refractivity contribution is -0.122. The van der Waals surface area contributed by atoms with Gasteiger partial charge in [0.15, 0.2) is 0 Å². The largest absolute Gasteiger partial charge is 0.508 e. The first-order valence-electron chi connectivity index (χ1n) is 5.15. The van der Waals surface area contributed by atoms with Crippen LogP contribution >= 0.6 is 12.4 Å². The number of aromatic hydroxyl groups is 1. The maximum absolute atomic E-state index is 11.5. The van der Waals surface area contributed by atoms with Gasteiger partial charge >= 0.3 is 0 Å². The van der Waals surface area contributed by atoms with E-state index in [4.69, 9.17) is 22.4 Å². The van der Waals surface area contributed by atoms with Gasteiger partial charge in [0.05, 0.1) is 6.04 Å². The van der Waals surface area contributed by atoms with E-state index in [-0.39, 0.29) is 24.1 Å². The van der Waals surface area contributed by atoms with Crippen molar-refractivity contribution in [2.75, 3.05) is 0 Å². The molecule has 1 aromatic carbocycles. The molecule has 0 aliphatic carbocycles. The molecule has 1 rings (SSSR count). The first-order valence-corrected chi connectivity index (χ1v) is 5.15. The minimum atomic E-state index is -0.757. The number of phenols is 1. The number of phenolic OH excluding ortho intramolecular Hbond substituents is 1. The molecule has 0 unspecified atom stereocenters. The molecule has 0 bridgehead atoms. The van der Waals surface area contributed by atoms with Gasteiger partial charge in [0, 0.05) is 0 Å². The molecule has 0 radical (unpaired) electrons. The van der Waals surface area contributed by atoms with Crippen LogP contribution in [0, 0.1) is 0 Å². The minimum Gasteiger partial charge on any atom is -0.508 e. The second-order valence-corrected chi connectivity index (χ2v) is 3.61. The standard InChI is InChI=1S/C10H16N6O2.ClH/c11-8(9(18)15-16-10(12)14-13)5-6-1-3-7(17)4-2-6;/h1-4,8,17H,5,11,13H2,(H,15,18)(H3,12,14,16);1H/t8-;/m0./s1. The molecule has 0 aliphatic heterocycles. The molecule has 0 saturated heterocycles. The fourth-order valence-corrected chi connectivity index (χ4v) is 1.23. The summed E-state index contributed by atoms with van der Waals surface area (Å²) in [6, 6.07) is 5.67. The first kappa shape index (κ1) is 16.8. The van der Waals surface area contributed by atoms with Crippen LogP contribution in [0.2, 0.25) is 0 Å². The van der Waals surface area contributed by atoms with Crippen molar-refractivity contribution < 1.29 is 9.90 Å². The van der Waals surface area contributed by atoms with Gasteiger partial charge in [-0.15, -0.1) is 17.5 Å². The number of amides is 1. The van der Waals surface area contributed by atoms with E-state index >= 15 is 0 Å². The van der Waals surface area contributed by atoms with E-state index in [1.54, 1.807) is 12.1 Å². The summed E-state index contributed by atoms with van der Waals surface area (Å²) in [5.74, 6) is 4.45. The third kappa shape index (κ3) is 5.80. The van der Waals surface area contributed by atoms with Crippen molar-refractivity contribution in [1.82, 2.24) is 10.9 Å². The molecule has 0 spiro atoms. The van der Waals surface area contributed by atoms with E-state index in [0.29, 0.717) is 6.42 Å². The topological polar surface area (TPSA) is 152 Å². The van der Waals surface area contributed by atoms with Gasteiger partial charge in [0.2, 0.25) is 5.96 Å². The van der Waals surface area contributed by atoms with Gasteiger partial charge < -0.3 is 22.4 Å². The summed E-state index contributed by atoms with van der Waals surface area (Å²) in [5, 5.41) is 12.2. The van der Waals surface area contributed by atoms with Crippen molar-refractivity contribution in [3.63, 3.8) is 0 Å². The number of nitrogens with two attached hydrogens (primary N) is 3. The van der Waals surface area contributed by atoms with Crippen molar-refractivity contribution in [3.8, 4) is 5.75 Å². The summed E-state index contributed by atoms with van der Waals surface area (Å²) >= 11 is 0. The molecule has 0 fully saturated rings. The zero-order valence-corrected chi connectivity index (χ0v) is 10.9. The molecular formula is C10H17ClN6O2. The molecule has 8 nitrogen and oxygen atoms in total. The molecule has 9 N–H and O–H groups in total. The van der Waals surface area contributed by atoms with Crippen LogP contribution in [0.5, 0.6) is 5.75 Å². The summed E-state index contributed by atoms with van der Waals surface area (Å²) in [5.41, 5.74) is 16.3. The number of nitrogens with one attached hydrogen (secondary N) is 2. The molecular weight excluding hydrogens is 272 g/mol. The Morgan fingerprint density at radius 1 is 1.32 bits per heavy atom. The number of nitrogens with zero attached hydrogens (tertiary/aromatic N) is 1. The molecule has 0 aromatic heterocycles. The lowest BCUT2D eigenvalue weighted by Crippen LogP contribution is -2.52. The summed E-state index contributed by atoms with van der Waals surface area (Å²) in [7, 11) is 0. The molecule has 9 heteroatoms. The maximum atomic E-state index is 11.5. The van der Waals surface area contributed by atoms with Gasteiger partial charge in [-0.3, -0.25) is 15.6 Å². The van der Waals surface area contributed by atoms with E-state index in [9.17, 15) is 4.79 Å². The summed E-state index contributed by atoms with van der Waals surface area (Å²) in [6.07, 6.45) is 0.327. The normalized spacial score (nSPS) is 12.2. The molecule has 0 heterocycles. The number of hydrogen-bond acceptors (Lipinski definition) is 5. The van der Waals surface area contributed by atoms with E-state index in [1.165, 1.54) is 12.1 Å². The van der Waals surface area contributed by atoms with Gasteiger partial charge in [0.25, 0.3) is 5.91 Å². The second kappa shape index (κ2) is 8.01. The molecule has 106 valence electrons. The average Bonchev–Trinajstić information content (AvgIpc) is 2.38. The highest BCUT2D eigenvalue weighted by Crippen LogP contribution is 2.10. The zero-order valence-electron chi connectivity index (χ0n) is 10.0. The van der Waals surface area contributed by atoms with Crippen molar-refractivity contribution in [2.45, 2.75) is 12.5 Å². The minimum absolute atomic E-state index is 0. The number of hydrazine groups is 1. The molecule has 1 atom stereocenters. The predicted octanol–water partition coefficient (Wildman–Crippen LogP) is -1.51. The lowest BCUT2D eigenvalue weighted by Gasteiger charge is -2.13. The van der Waals surface area contributed by atoms with Crippen LogP contribution in [0.1, 0.15) is 5.56 Å². The Bertz CT molecular complexity index is 436. The van der Waals surface area contributed by atoms with Gasteiger partial charge in [-0.05, 0) is 24.1 Å². The SMILES string of the molecule is Cl.NN=C(N)NNC(=O)[C@@H](N)Cc1ccc(O)cc1. The molecule has 1 amide bonds. The smallest absolute Gasteiger partial charge is 0.255 e. The van der Waals surface area contributed by atoms with E-state index in [0.717, 1.165) is 5.56 Å². The molecule has 0 saturated carbocycles. The van der Waals surface area contributed by atoms with Crippen LogP contribution in [0.25, 0.3) is 0 Å². The van der Waals surface area contributed by atoms with Crippen LogP contribution in [0.15, 0.2) is 29.4 Å². The number of carbonyl (C=O) groups is 1. The van der Waals surface area contributed by atoms with Gasteiger partial charge in [-0.25, -0.2) is 0 Å². The van der Waals surface area contributed by atoms with Crippen LogP contribution in [-0.4, -0.2) is 23.0 Å². The van der Waals surface area contributed by atoms with Gasteiger partial charge in [-0.1, -0.05) is 12.1 Å². The third-order valence-corrected chi connectivity index (χ3v) is 2.18. The van der Waals surface area contributed by atoms with Crippen molar-refractivity contribution >= 4 is 24.3 Å². The van der Waals surface area contributed by atoms with Crippen LogP contribution < -0.4 is 28.2 Å². The fourth-order valence-electron chi connectivity index (χ4n) is 1.23. The fraction of sp³-hybridized carbons (Fsp3) is 0.200. The maximum Gasteiger partial charge on any atom is 0.255 e. The number of hydrazone groups is 1. The van der Waals surface area contributed by atoms with Crippen LogP contribution in [0.3, 0.4) is 0 Å². The molecule has 19 heavy (non-hydrogen) atoms. The van der Waals surface area contributed by atoms with Crippen molar-refractivity contribution in [3.05, 3.63) is 29.8 Å². The number of halogens is 1. The highest BCUT2D eigenvalue weighted by Gasteiger charge is 2.13. The summed E-state index contributed by atoms with van der Waals surface area (Å²) in [4.78, 5) is 11.5. The quantitative estimate of drug-likeness (QED) is 0.172. The zero-order chi connectivity index (χ0) is 13.5. The summed E-state index contributed by atoms with van der Waals surface area (Å²) < 4.78 is 0. The van der Waals surface area contributed by atoms with E-state index < -0.39 is 11.9 Å². The molecule has 0 aliphatic rings. The van der Waals surface area contributed by atoms with Crippen LogP contribution in [0.4, 0.5) is 0 Å². The Kier molecular flexibility index (Phi) is 7.08. The Morgan fingerprint density at radius 3 is 2.42 bits per heavy atom. The van der Waals surface area contributed by atoms with Gasteiger partial charge in [-0.2, -0.15) is 0 Å². The second-order valence-electron chi connectivity index (χ2n) is 3.61. The highest BCUT2D eigenvalue weighted by molar-refractivity contribution is 5.86. The third-order valence-electron chi connectivity index (χ3n) is 2.18. The Hall–Kier alpha value is -2.19. The number of guanidine groups is 1. The Balaban J connectivity index is 0.00000324. The number of carbonyl (C=O) groups excluding carboxylic acids is 1. The van der Waals surface area contributed by atoms with Gasteiger partial charge in [0.1, 0.15) is 5.75 Å². The Labute approximate surface area is 116 Å². The van der Waals surface area contributed by atoms with E-state index in [1.807, 2.05) is 0 Å². The highest BCUT2D eigenvalue weighted by atomic mass is 35.5. The predicted molar refractivity (Wildman–Crippen MR) is 74.1 cm³/mol. The van der Waals surface area contributed by atoms with E-state index in [2.05, 4.69) is 16.0 Å². The number of rotatable bonds is 3. The number of hydrogen-bond donors (Lipinski definition) is 6. The van der Waals surface area contributed by atoms with Crippen molar-refractivity contribution in [2.24, 2.45) is 22.4 Å². The lowest BCUT2D eigenvalue weighted by atomic mass is 10.1. The van der Waals surface area contributed by atoms with Crippen molar-refractivity contribution in [1.29, 1.82) is 0 Å². The number of benzene rings is 1. The molecule has 1 aromatic rings.